The van der Waals surface area contributed by atoms with Gasteiger partial charge in [-0.3, -0.25) is 9.59 Å². The molecule has 0 spiro atoms. The molecule has 220 valence electrons. The van der Waals surface area contributed by atoms with E-state index in [1.807, 2.05) is 34.1 Å². The number of carbonyl (C=O) groups is 3. The van der Waals surface area contributed by atoms with Gasteiger partial charge in [-0.2, -0.15) is 13.2 Å². The Morgan fingerprint density at radius 2 is 1.62 bits per heavy atom. The summed E-state index contributed by atoms with van der Waals surface area (Å²) in [5.74, 6) is -1.83. The van der Waals surface area contributed by atoms with E-state index in [4.69, 9.17) is 14.6 Å². The van der Waals surface area contributed by atoms with E-state index < -0.39 is 12.1 Å². The number of aliphatic carboxylic acids is 1. The average molecular weight is 559 g/mol. The molecule has 1 aromatic carbocycles. The fourth-order valence-electron chi connectivity index (χ4n) is 4.27. The second-order valence-electron chi connectivity index (χ2n) is 9.60. The Kier molecular flexibility index (Phi) is 14.1. The predicted octanol–water partition coefficient (Wildman–Crippen LogP) is 3.25. The summed E-state index contributed by atoms with van der Waals surface area (Å²) in [6.07, 6.45) is 1.17. The topological polar surface area (TPSA) is 102 Å². The van der Waals surface area contributed by atoms with E-state index in [2.05, 4.69) is 17.1 Å². The van der Waals surface area contributed by atoms with Crippen molar-refractivity contribution in [3.05, 3.63) is 29.8 Å². The van der Waals surface area contributed by atoms with Crippen LogP contribution in [-0.2, 0) is 9.59 Å². The van der Waals surface area contributed by atoms with E-state index in [1.165, 1.54) is 19.3 Å². The maximum atomic E-state index is 13.3. The molecule has 2 N–H and O–H groups in total. The van der Waals surface area contributed by atoms with Gasteiger partial charge in [-0.15, -0.1) is 0 Å². The third-order valence-electron chi connectivity index (χ3n) is 6.60. The van der Waals surface area contributed by atoms with E-state index >= 15 is 0 Å². The number of halogens is 3. The number of piperazine rings is 1. The molecule has 0 radical (unpaired) electrons. The molecule has 0 bridgehead atoms. The first-order chi connectivity index (χ1) is 18.6. The molecular formula is C27H41F3N4O5. The third kappa shape index (κ3) is 12.2. The largest absolute Gasteiger partial charge is 0.494 e. The Hall–Kier alpha value is -2.86. The van der Waals surface area contributed by atoms with Crippen molar-refractivity contribution in [1.82, 2.24) is 20.0 Å². The molecule has 0 aliphatic carbocycles. The number of nitrogens with zero attached hydrogens (tertiary/aromatic N) is 3. The summed E-state index contributed by atoms with van der Waals surface area (Å²) in [5, 5.41) is 10.4. The van der Waals surface area contributed by atoms with Gasteiger partial charge in [-0.1, -0.05) is 19.8 Å². The summed E-state index contributed by atoms with van der Waals surface area (Å²) in [4.78, 5) is 41.1. The molecule has 2 fully saturated rings. The summed E-state index contributed by atoms with van der Waals surface area (Å²) in [6.45, 7) is 10.2. The summed E-state index contributed by atoms with van der Waals surface area (Å²) < 4.78 is 37.5. The fraction of sp³-hybridized carbons (Fsp3) is 0.667. The van der Waals surface area contributed by atoms with Gasteiger partial charge in [0.25, 0.3) is 5.91 Å². The van der Waals surface area contributed by atoms with Crippen molar-refractivity contribution in [2.45, 2.75) is 51.6 Å². The van der Waals surface area contributed by atoms with Crippen molar-refractivity contribution in [2.75, 3.05) is 65.5 Å². The molecule has 2 aliphatic heterocycles. The van der Waals surface area contributed by atoms with Gasteiger partial charge in [-0.25, -0.2) is 4.79 Å². The van der Waals surface area contributed by atoms with Crippen LogP contribution in [-0.4, -0.2) is 109 Å². The lowest BCUT2D eigenvalue weighted by Crippen LogP contribution is -2.47. The molecule has 12 heteroatoms. The van der Waals surface area contributed by atoms with Gasteiger partial charge in [0.05, 0.1) is 6.61 Å². The van der Waals surface area contributed by atoms with Crippen molar-refractivity contribution in [2.24, 2.45) is 0 Å². The zero-order chi connectivity index (χ0) is 28.7. The molecule has 0 atom stereocenters. The molecule has 0 saturated carbocycles. The summed E-state index contributed by atoms with van der Waals surface area (Å²) in [5.41, 5.74) is 0.654. The number of amides is 2. The van der Waals surface area contributed by atoms with Gasteiger partial charge in [0.1, 0.15) is 5.75 Å². The van der Waals surface area contributed by atoms with Crippen molar-refractivity contribution in [3.8, 4) is 5.75 Å². The number of carboxylic acid groups (broad SMARTS) is 1. The van der Waals surface area contributed by atoms with Crippen LogP contribution in [0.3, 0.4) is 0 Å². The van der Waals surface area contributed by atoms with Crippen molar-refractivity contribution in [1.29, 1.82) is 0 Å². The standard InChI is InChI=1S/C25H40N4O3.C2HF3O2/c1-2-3-21-32-23-9-7-22(8-10-23)25(31)29(20-19-27-14-5-4-6-15-27)16-11-24(30)28-17-12-26-13-18-28;3-2(4,5)1(6)7/h7-10,26H,2-6,11-21H2,1H3;(H,6,7). The fourth-order valence-corrected chi connectivity index (χ4v) is 4.27. The quantitative estimate of drug-likeness (QED) is 0.402. The number of nitrogens with one attached hydrogen (secondary N) is 1. The maximum Gasteiger partial charge on any atom is 0.490 e. The molecule has 9 nitrogen and oxygen atoms in total. The van der Waals surface area contributed by atoms with Crippen LogP contribution in [0.15, 0.2) is 24.3 Å². The van der Waals surface area contributed by atoms with Crippen molar-refractivity contribution >= 4 is 17.8 Å². The monoisotopic (exact) mass is 558 g/mol. The first-order valence-corrected chi connectivity index (χ1v) is 13.6. The average Bonchev–Trinajstić information content (AvgIpc) is 2.94. The molecule has 1 aromatic rings. The first-order valence-electron chi connectivity index (χ1n) is 13.6. The number of rotatable bonds is 11. The first kappa shape index (κ1) is 32.4. The van der Waals surface area contributed by atoms with E-state index in [1.54, 1.807) is 0 Å². The molecule has 0 unspecified atom stereocenters. The Morgan fingerprint density at radius 3 is 2.18 bits per heavy atom. The predicted molar refractivity (Wildman–Crippen MR) is 141 cm³/mol. The Bertz CT molecular complexity index is 886. The van der Waals surface area contributed by atoms with Crippen LogP contribution in [0.4, 0.5) is 13.2 Å². The molecule has 2 saturated heterocycles. The minimum Gasteiger partial charge on any atom is -0.494 e. The SMILES string of the molecule is CCCCOc1ccc(C(=O)N(CCC(=O)N2CCNCC2)CCN2CCCCC2)cc1.O=C(O)C(F)(F)F. The van der Waals surface area contributed by atoms with Gasteiger partial charge in [-0.05, 0) is 56.6 Å². The van der Waals surface area contributed by atoms with E-state index in [-0.39, 0.29) is 11.8 Å². The minimum absolute atomic E-state index is 0.00442. The van der Waals surface area contributed by atoms with Crippen LogP contribution < -0.4 is 10.1 Å². The summed E-state index contributed by atoms with van der Waals surface area (Å²) >= 11 is 0. The second-order valence-corrected chi connectivity index (χ2v) is 9.60. The third-order valence-corrected chi connectivity index (χ3v) is 6.60. The van der Waals surface area contributed by atoms with Crippen LogP contribution in [0.1, 0.15) is 55.8 Å². The number of alkyl halides is 3. The number of carbonyl (C=O) groups excluding carboxylic acids is 2. The molecule has 2 heterocycles. The normalized spacial score (nSPS) is 16.2. The van der Waals surface area contributed by atoms with E-state index in [9.17, 15) is 22.8 Å². The molecule has 2 amide bonds. The molecular weight excluding hydrogens is 517 g/mol. The van der Waals surface area contributed by atoms with Gasteiger partial charge < -0.3 is 29.9 Å². The van der Waals surface area contributed by atoms with Crippen LogP contribution >= 0.6 is 0 Å². The van der Waals surface area contributed by atoms with Gasteiger partial charge in [0.15, 0.2) is 0 Å². The maximum absolute atomic E-state index is 13.3. The Labute approximate surface area is 228 Å². The van der Waals surface area contributed by atoms with Gasteiger partial charge in [0.2, 0.25) is 5.91 Å². The lowest BCUT2D eigenvalue weighted by Gasteiger charge is -2.31. The zero-order valence-corrected chi connectivity index (χ0v) is 22.7. The summed E-state index contributed by atoms with van der Waals surface area (Å²) in [7, 11) is 0. The smallest absolute Gasteiger partial charge is 0.490 e. The molecule has 39 heavy (non-hydrogen) atoms. The molecule has 0 aromatic heterocycles. The van der Waals surface area contributed by atoms with E-state index in [0.717, 1.165) is 64.4 Å². The summed E-state index contributed by atoms with van der Waals surface area (Å²) in [6, 6.07) is 7.43. The Morgan fingerprint density at radius 1 is 1.00 bits per heavy atom. The number of ether oxygens (including phenoxy) is 1. The second kappa shape index (κ2) is 17.0. The van der Waals surface area contributed by atoms with Crippen LogP contribution in [0.2, 0.25) is 0 Å². The number of hydrogen-bond donors (Lipinski definition) is 2. The van der Waals surface area contributed by atoms with Crippen LogP contribution in [0.25, 0.3) is 0 Å². The molecule has 3 rings (SSSR count). The number of unbranched alkanes of at least 4 members (excludes halogenated alkanes) is 1. The zero-order valence-electron chi connectivity index (χ0n) is 22.7. The Balaban J connectivity index is 0.000000673. The van der Waals surface area contributed by atoms with Gasteiger partial charge in [0, 0.05) is 57.8 Å². The van der Waals surface area contributed by atoms with Crippen LogP contribution in [0, 0.1) is 0 Å². The van der Waals surface area contributed by atoms with Crippen molar-refractivity contribution < 1.29 is 37.4 Å². The lowest BCUT2D eigenvalue weighted by molar-refractivity contribution is -0.192. The highest BCUT2D eigenvalue weighted by Crippen LogP contribution is 2.16. The highest BCUT2D eigenvalue weighted by atomic mass is 19.4. The number of hydrogen-bond acceptors (Lipinski definition) is 6. The minimum atomic E-state index is -5.08. The lowest BCUT2D eigenvalue weighted by atomic mass is 10.1. The number of carboxylic acids is 1. The number of likely N-dealkylation sites (tertiary alicyclic amines) is 1. The molecule has 2 aliphatic rings. The van der Waals surface area contributed by atoms with Crippen LogP contribution in [0.5, 0.6) is 5.75 Å². The van der Waals surface area contributed by atoms with Crippen molar-refractivity contribution in [3.63, 3.8) is 0 Å². The highest BCUT2D eigenvalue weighted by molar-refractivity contribution is 5.94. The highest BCUT2D eigenvalue weighted by Gasteiger charge is 2.38. The van der Waals surface area contributed by atoms with Gasteiger partial charge >= 0.3 is 12.1 Å². The number of piperidine rings is 1. The number of benzene rings is 1. The van der Waals surface area contributed by atoms with E-state index in [0.29, 0.717) is 31.7 Å².